The highest BCUT2D eigenvalue weighted by Crippen LogP contribution is 2.50. The third kappa shape index (κ3) is 4.72. The molecule has 0 spiro atoms. The van der Waals surface area contributed by atoms with Crippen LogP contribution in [0.25, 0.3) is 27.7 Å². The predicted molar refractivity (Wildman–Crippen MR) is 160 cm³/mol. The number of aromatic nitrogens is 3. The predicted octanol–water partition coefficient (Wildman–Crippen LogP) is 6.16. The highest BCUT2D eigenvalue weighted by Gasteiger charge is 2.50. The Labute approximate surface area is 269 Å². The summed E-state index contributed by atoms with van der Waals surface area (Å²) in [5.74, 6) is -3.72. The zero-order valence-corrected chi connectivity index (χ0v) is 25.7. The maximum Gasteiger partial charge on any atom is 0.418 e. The van der Waals surface area contributed by atoms with E-state index in [1.165, 1.54) is 0 Å². The zero-order valence-electron chi connectivity index (χ0n) is 25.7. The van der Waals surface area contributed by atoms with Crippen molar-refractivity contribution in [2.24, 2.45) is 0 Å². The first-order valence-electron chi connectivity index (χ1n) is 15.9. The maximum atomic E-state index is 16.9. The maximum absolute atomic E-state index is 16.9. The van der Waals surface area contributed by atoms with Gasteiger partial charge in [0, 0.05) is 49.2 Å². The number of piperazine rings is 1. The molecular weight excluding hydrogens is 650 g/mol. The fourth-order valence-electron chi connectivity index (χ4n) is 8.78. The minimum absolute atomic E-state index is 0.0569. The molecule has 0 saturated carbocycles. The number of nitrogens with two attached hydrogens (primary N) is 1. The van der Waals surface area contributed by atoms with Gasteiger partial charge < -0.3 is 20.7 Å². The number of ether oxygens (including phenoxy) is 1. The normalized spacial score (nSPS) is 28.2. The van der Waals surface area contributed by atoms with E-state index < -0.39 is 98.3 Å². The van der Waals surface area contributed by atoms with Gasteiger partial charge in [0.25, 0.3) is 6.08 Å². The fraction of sp³-hybridized carbons (Fsp3) is 0.531. The summed E-state index contributed by atoms with van der Waals surface area (Å²) < 4.78 is 127. The van der Waals surface area contributed by atoms with Gasteiger partial charge in [0.1, 0.15) is 35.7 Å². The number of aryl methyl sites for hydroxylation is 1. The summed E-state index contributed by atoms with van der Waals surface area (Å²) in [7, 11) is 0. The van der Waals surface area contributed by atoms with Crippen LogP contribution in [0.4, 0.5) is 46.8 Å². The number of pyridine rings is 1. The van der Waals surface area contributed by atoms with Gasteiger partial charge in [0.2, 0.25) is 0 Å². The van der Waals surface area contributed by atoms with Gasteiger partial charge in [-0.3, -0.25) is 4.90 Å². The number of hydrogen-bond acceptors (Lipinski definition) is 8. The second-order valence-electron chi connectivity index (χ2n) is 13.6. The van der Waals surface area contributed by atoms with Crippen LogP contribution in [0.2, 0.25) is 0 Å². The highest BCUT2D eigenvalue weighted by atomic mass is 19.4. The number of nitrogen functional groups attached to an aromatic ring is 1. The summed E-state index contributed by atoms with van der Waals surface area (Å²) in [6.45, 7) is 2.17. The molecule has 2 bridgehead atoms. The Kier molecular flexibility index (Phi) is 7.12. The first-order chi connectivity index (χ1) is 22.8. The van der Waals surface area contributed by atoms with Crippen molar-refractivity contribution in [2.45, 2.75) is 81.5 Å². The van der Waals surface area contributed by atoms with Crippen molar-refractivity contribution in [2.75, 3.05) is 36.9 Å². The number of fused-ring (bicyclic) bond motifs is 6. The van der Waals surface area contributed by atoms with E-state index in [0.29, 0.717) is 19.4 Å². The Morgan fingerprint density at radius 3 is 2.65 bits per heavy atom. The number of alkyl halides is 4. The molecule has 1 aromatic carbocycles. The molecule has 5 aliphatic rings. The lowest BCUT2D eigenvalue weighted by Crippen LogP contribution is -2.58. The Bertz CT molecular complexity index is 1880. The number of nitrogens with zero attached hydrogens (tertiary/aromatic N) is 5. The molecule has 48 heavy (non-hydrogen) atoms. The number of halogens is 8. The molecule has 0 amide bonds. The average Bonchev–Trinajstić information content (AvgIpc) is 3.63. The smallest absolute Gasteiger partial charge is 0.418 e. The van der Waals surface area contributed by atoms with Crippen molar-refractivity contribution in [3.63, 3.8) is 0 Å². The third-order valence-corrected chi connectivity index (χ3v) is 10.7. The van der Waals surface area contributed by atoms with Crippen LogP contribution in [0.1, 0.15) is 55.2 Å². The van der Waals surface area contributed by atoms with Crippen LogP contribution in [0.3, 0.4) is 0 Å². The largest absolute Gasteiger partial charge is 0.461 e. The molecule has 8 nitrogen and oxygen atoms in total. The van der Waals surface area contributed by atoms with Crippen molar-refractivity contribution in [3.05, 3.63) is 40.5 Å². The van der Waals surface area contributed by atoms with Gasteiger partial charge in [0.05, 0.1) is 33.8 Å². The van der Waals surface area contributed by atoms with Gasteiger partial charge in [-0.25, -0.2) is 18.2 Å². The molecule has 1 unspecified atom stereocenters. The molecule has 16 heteroatoms. The Morgan fingerprint density at radius 2 is 1.90 bits per heavy atom. The van der Waals surface area contributed by atoms with Crippen LogP contribution in [-0.4, -0.2) is 75.9 Å². The van der Waals surface area contributed by atoms with E-state index in [1.807, 2.05) is 4.90 Å². The van der Waals surface area contributed by atoms with Crippen LogP contribution in [0, 0.1) is 18.6 Å². The lowest BCUT2D eigenvalue weighted by Gasteiger charge is -2.41. The lowest BCUT2D eigenvalue weighted by molar-refractivity contribution is -0.137. The Morgan fingerprint density at radius 1 is 1.10 bits per heavy atom. The molecule has 2 aromatic heterocycles. The summed E-state index contributed by atoms with van der Waals surface area (Å²) in [5, 5.41) is 3.00. The second kappa shape index (κ2) is 10.9. The number of anilines is 2. The van der Waals surface area contributed by atoms with E-state index in [4.69, 9.17) is 10.5 Å². The van der Waals surface area contributed by atoms with Crippen molar-refractivity contribution in [1.29, 1.82) is 0 Å². The van der Waals surface area contributed by atoms with E-state index in [0.717, 1.165) is 25.8 Å². The molecule has 5 atom stereocenters. The SMILES string of the molecule is Cc1cc(N)nc(-c2c(F)c3c4c(nc(OCC56CCCN5C[C@H](F)C6)nc4c2F)N2C[C@H]4CC[C@H](N4)[C@H]2CC3=C(F)F)c1C(F)(F)F. The van der Waals surface area contributed by atoms with E-state index in [9.17, 15) is 26.3 Å². The Hall–Kier alpha value is -3.79. The van der Waals surface area contributed by atoms with Crippen LogP contribution in [0.15, 0.2) is 12.1 Å². The number of rotatable bonds is 4. The minimum Gasteiger partial charge on any atom is -0.461 e. The molecule has 256 valence electrons. The molecule has 5 aliphatic heterocycles. The third-order valence-electron chi connectivity index (χ3n) is 10.7. The molecule has 8 rings (SSSR count). The van der Waals surface area contributed by atoms with Crippen LogP contribution in [-0.2, 0) is 6.18 Å². The first-order valence-corrected chi connectivity index (χ1v) is 15.9. The first kappa shape index (κ1) is 31.5. The summed E-state index contributed by atoms with van der Waals surface area (Å²) in [5.41, 5.74) is -1.55. The van der Waals surface area contributed by atoms with Gasteiger partial charge in [-0.15, -0.1) is 0 Å². The van der Waals surface area contributed by atoms with Crippen molar-refractivity contribution in [3.8, 4) is 17.3 Å². The molecule has 3 N–H and O–H groups in total. The summed E-state index contributed by atoms with van der Waals surface area (Å²) in [4.78, 5) is 16.2. The van der Waals surface area contributed by atoms with E-state index in [1.54, 1.807) is 4.90 Å². The van der Waals surface area contributed by atoms with Gasteiger partial charge in [0.15, 0.2) is 5.82 Å². The number of hydrogen-bond donors (Lipinski definition) is 2. The molecule has 3 aromatic rings. The monoisotopic (exact) mass is 681 g/mol. The second-order valence-corrected chi connectivity index (χ2v) is 13.6. The number of benzene rings is 1. The molecule has 0 aliphatic carbocycles. The fourth-order valence-corrected chi connectivity index (χ4v) is 8.78. The summed E-state index contributed by atoms with van der Waals surface area (Å²) >= 11 is 0. The van der Waals surface area contributed by atoms with Crippen LogP contribution in [0.5, 0.6) is 6.01 Å². The minimum atomic E-state index is -5.13. The van der Waals surface area contributed by atoms with Gasteiger partial charge in [-0.2, -0.15) is 31.9 Å². The standard InChI is InChI=1S/C32H31F8N7O/c1-13-7-19(41)43-26(23(13)32(38,39)40)22-24(34)20-16(28(36)37)8-18-17-4-3-15(42-17)11-47(18)29-21(20)27(25(22)35)44-30(45-29)48-12-31-5-2-6-46(31)10-14(33)9-31/h7,14-15,17-18,42H,2-6,8-12H2,1H3,(H2,41,43)/t14-,15-,17+,18-,31?/m1/s1. The quantitative estimate of drug-likeness (QED) is 0.317. The highest BCUT2D eigenvalue weighted by molar-refractivity contribution is 6.04. The van der Waals surface area contributed by atoms with Gasteiger partial charge >= 0.3 is 12.2 Å². The van der Waals surface area contributed by atoms with Crippen LogP contribution >= 0.6 is 0 Å². The topological polar surface area (TPSA) is 92.4 Å². The van der Waals surface area contributed by atoms with E-state index >= 15 is 8.78 Å². The van der Waals surface area contributed by atoms with Crippen molar-refractivity contribution >= 4 is 28.1 Å². The average molecular weight is 682 g/mol. The molecular formula is C32H31F8N7O. The molecule has 4 fully saturated rings. The van der Waals surface area contributed by atoms with Gasteiger partial charge in [-0.05, 0) is 50.8 Å². The Balaban J connectivity index is 1.40. The van der Waals surface area contributed by atoms with Crippen molar-refractivity contribution in [1.82, 2.24) is 25.2 Å². The molecule has 0 radical (unpaired) electrons. The van der Waals surface area contributed by atoms with Crippen molar-refractivity contribution < 1.29 is 39.9 Å². The zero-order chi connectivity index (χ0) is 33.9. The summed E-state index contributed by atoms with van der Waals surface area (Å²) in [6.07, 6.45) is -5.86. The van der Waals surface area contributed by atoms with E-state index in [2.05, 4.69) is 20.3 Å². The number of nitrogens with one attached hydrogen (secondary N) is 1. The lowest BCUT2D eigenvalue weighted by atomic mass is 9.90. The van der Waals surface area contributed by atoms with E-state index in [-0.39, 0.29) is 50.0 Å². The summed E-state index contributed by atoms with van der Waals surface area (Å²) in [6, 6.07) is -0.495. The molecule has 4 saturated heterocycles. The molecule has 7 heterocycles. The van der Waals surface area contributed by atoms with Crippen LogP contribution < -0.4 is 20.7 Å². The van der Waals surface area contributed by atoms with Gasteiger partial charge in [-0.1, -0.05) is 0 Å².